The molecule has 0 fully saturated rings. The molecule has 1 aliphatic rings. The summed E-state index contributed by atoms with van der Waals surface area (Å²) in [4.78, 5) is 55.3. The number of thiazole rings is 1. The van der Waals surface area contributed by atoms with E-state index in [9.17, 15) is 19.2 Å². The molecule has 0 aliphatic carbocycles. The molecule has 9 nitrogen and oxygen atoms in total. The summed E-state index contributed by atoms with van der Waals surface area (Å²) in [5.41, 5.74) is 2.59. The summed E-state index contributed by atoms with van der Waals surface area (Å²) < 4.78 is 17.6. The van der Waals surface area contributed by atoms with Crippen LogP contribution in [0.25, 0.3) is 6.08 Å². The maximum absolute atomic E-state index is 13.9. The maximum atomic E-state index is 13.9. The van der Waals surface area contributed by atoms with Crippen molar-refractivity contribution in [2.75, 3.05) is 6.61 Å². The molecule has 0 radical (unpaired) electrons. The van der Waals surface area contributed by atoms with Gasteiger partial charge in [-0.2, -0.15) is 0 Å². The second kappa shape index (κ2) is 11.7. The lowest BCUT2D eigenvalue weighted by Crippen LogP contribution is -2.40. The van der Waals surface area contributed by atoms with Gasteiger partial charge in [-0.05, 0) is 48.6 Å². The summed E-state index contributed by atoms with van der Waals surface area (Å²) >= 11 is 1.15. The van der Waals surface area contributed by atoms with Crippen molar-refractivity contribution < 1.29 is 28.6 Å². The Balaban J connectivity index is 1.92. The van der Waals surface area contributed by atoms with Crippen LogP contribution in [0.3, 0.4) is 0 Å². The molecule has 0 bridgehead atoms. The summed E-state index contributed by atoms with van der Waals surface area (Å²) in [6.07, 6.45) is 1.59. The smallest absolute Gasteiger partial charge is 0.338 e. The van der Waals surface area contributed by atoms with Gasteiger partial charge in [0.2, 0.25) is 0 Å². The van der Waals surface area contributed by atoms with E-state index in [4.69, 9.17) is 14.2 Å². The van der Waals surface area contributed by atoms with E-state index in [1.54, 1.807) is 32.1 Å². The molecular formula is C31H32N2O7S. The zero-order valence-electron chi connectivity index (χ0n) is 24.1. The van der Waals surface area contributed by atoms with Crippen molar-refractivity contribution in [1.29, 1.82) is 0 Å². The Kier molecular flexibility index (Phi) is 8.44. The van der Waals surface area contributed by atoms with E-state index in [2.05, 4.69) is 25.8 Å². The SMILES string of the molecule is CCOC(=O)C1=C(C)N=c2s/c(=C\c3ccc(OC(C)=O)cc3OC(C)=O)c(=O)n2C1c1ccc(C(C)(C)C)cc1. The largest absolute Gasteiger partial charge is 0.463 e. The normalized spacial score (nSPS) is 15.2. The average Bonchev–Trinajstić information content (AvgIpc) is 3.18. The van der Waals surface area contributed by atoms with Crippen LogP contribution in [0.2, 0.25) is 0 Å². The molecule has 3 aromatic rings. The number of aromatic nitrogens is 1. The Bertz CT molecular complexity index is 1740. The first kappa shape index (κ1) is 29.7. The fourth-order valence-electron chi connectivity index (χ4n) is 4.52. The van der Waals surface area contributed by atoms with Gasteiger partial charge >= 0.3 is 17.9 Å². The number of hydrogen-bond donors (Lipinski definition) is 0. The molecule has 0 saturated heterocycles. The summed E-state index contributed by atoms with van der Waals surface area (Å²) in [5, 5.41) is 0. The first-order valence-corrected chi connectivity index (χ1v) is 13.9. The molecule has 1 aromatic heterocycles. The van der Waals surface area contributed by atoms with Gasteiger partial charge < -0.3 is 14.2 Å². The lowest BCUT2D eigenvalue weighted by atomic mass is 9.85. The molecule has 4 rings (SSSR count). The van der Waals surface area contributed by atoms with E-state index in [0.717, 1.165) is 22.5 Å². The fourth-order valence-corrected chi connectivity index (χ4v) is 5.56. The zero-order valence-corrected chi connectivity index (χ0v) is 24.9. The van der Waals surface area contributed by atoms with Crippen LogP contribution < -0.4 is 24.4 Å². The first-order valence-electron chi connectivity index (χ1n) is 13.1. The second-order valence-corrected chi connectivity index (χ2v) is 11.6. The average molecular weight is 577 g/mol. The molecule has 214 valence electrons. The predicted octanol–water partition coefficient (Wildman–Crippen LogP) is 3.95. The van der Waals surface area contributed by atoms with Crippen LogP contribution in [0.4, 0.5) is 0 Å². The van der Waals surface area contributed by atoms with Gasteiger partial charge in [-0.1, -0.05) is 56.4 Å². The van der Waals surface area contributed by atoms with Crippen molar-refractivity contribution in [3.63, 3.8) is 0 Å². The third kappa shape index (κ3) is 6.38. The quantitative estimate of drug-likeness (QED) is 0.323. The van der Waals surface area contributed by atoms with Crippen molar-refractivity contribution in [3.05, 3.63) is 90.1 Å². The van der Waals surface area contributed by atoms with Crippen LogP contribution in [0, 0.1) is 0 Å². The van der Waals surface area contributed by atoms with Crippen LogP contribution >= 0.6 is 11.3 Å². The van der Waals surface area contributed by atoms with Gasteiger partial charge in [0.1, 0.15) is 11.5 Å². The molecular weight excluding hydrogens is 544 g/mol. The van der Waals surface area contributed by atoms with Gasteiger partial charge in [-0.3, -0.25) is 19.0 Å². The van der Waals surface area contributed by atoms with Crippen LogP contribution in [-0.4, -0.2) is 29.1 Å². The molecule has 2 heterocycles. The highest BCUT2D eigenvalue weighted by atomic mass is 32.1. The Hall–Kier alpha value is -4.31. The highest BCUT2D eigenvalue weighted by Crippen LogP contribution is 2.32. The third-order valence-corrected chi connectivity index (χ3v) is 7.38. The number of carbonyl (C=O) groups excluding carboxylic acids is 3. The van der Waals surface area contributed by atoms with Gasteiger partial charge in [0.15, 0.2) is 4.80 Å². The number of esters is 3. The lowest BCUT2D eigenvalue weighted by molar-refractivity contribution is -0.139. The highest BCUT2D eigenvalue weighted by molar-refractivity contribution is 7.07. The first-order chi connectivity index (χ1) is 19.3. The molecule has 0 N–H and O–H groups in total. The zero-order chi connectivity index (χ0) is 30.1. The van der Waals surface area contributed by atoms with E-state index < -0.39 is 23.9 Å². The standard InChI is InChI=1S/C31H32N2O7S/c1-8-38-29(37)26-17(2)32-30-33(27(26)20-9-12-22(13-10-20)31(5,6)7)28(36)25(41-30)15-21-11-14-23(39-18(3)34)16-24(21)40-19(4)35/h9-16,27H,8H2,1-7H3/b25-15-. The van der Waals surface area contributed by atoms with Gasteiger partial charge in [0.05, 0.1) is 28.5 Å². The molecule has 0 amide bonds. The molecule has 2 aromatic carbocycles. The fraction of sp³-hybridized carbons (Fsp3) is 0.323. The number of ether oxygens (including phenoxy) is 3. The molecule has 0 spiro atoms. The number of nitrogens with zero attached hydrogens (tertiary/aromatic N) is 2. The summed E-state index contributed by atoms with van der Waals surface area (Å²) in [5.74, 6) is -1.32. The van der Waals surface area contributed by atoms with Gasteiger partial charge in [0.25, 0.3) is 5.56 Å². The topological polar surface area (TPSA) is 113 Å². The number of carbonyl (C=O) groups is 3. The minimum absolute atomic E-state index is 0.0761. The highest BCUT2D eigenvalue weighted by Gasteiger charge is 2.33. The number of fused-ring (bicyclic) bond motifs is 1. The molecule has 41 heavy (non-hydrogen) atoms. The molecule has 0 saturated carbocycles. The molecule has 1 unspecified atom stereocenters. The minimum Gasteiger partial charge on any atom is -0.463 e. The minimum atomic E-state index is -0.749. The van der Waals surface area contributed by atoms with E-state index in [1.165, 1.54) is 24.5 Å². The van der Waals surface area contributed by atoms with Crippen LogP contribution in [0.5, 0.6) is 11.5 Å². The van der Waals surface area contributed by atoms with Crippen molar-refractivity contribution in [1.82, 2.24) is 4.57 Å². The molecule has 1 aliphatic heterocycles. The predicted molar refractivity (Wildman–Crippen MR) is 155 cm³/mol. The molecule has 1 atom stereocenters. The van der Waals surface area contributed by atoms with Crippen LogP contribution in [-0.2, 0) is 24.5 Å². The van der Waals surface area contributed by atoms with E-state index in [-0.39, 0.29) is 29.1 Å². The van der Waals surface area contributed by atoms with E-state index in [0.29, 0.717) is 26.2 Å². The molecule has 10 heteroatoms. The Labute approximate surface area is 241 Å². The van der Waals surface area contributed by atoms with Crippen molar-refractivity contribution >= 4 is 35.3 Å². The number of allylic oxidation sites excluding steroid dienone is 1. The van der Waals surface area contributed by atoms with Crippen LogP contribution in [0.1, 0.15) is 71.2 Å². The van der Waals surface area contributed by atoms with Gasteiger partial charge in [-0.15, -0.1) is 0 Å². The second-order valence-electron chi connectivity index (χ2n) is 10.6. The van der Waals surface area contributed by atoms with Crippen LogP contribution in [0.15, 0.2) is 63.5 Å². The van der Waals surface area contributed by atoms with E-state index in [1.807, 2.05) is 24.3 Å². The summed E-state index contributed by atoms with van der Waals surface area (Å²) in [6.45, 7) is 12.5. The lowest BCUT2D eigenvalue weighted by Gasteiger charge is -2.26. The number of benzene rings is 2. The summed E-state index contributed by atoms with van der Waals surface area (Å²) in [7, 11) is 0. The van der Waals surface area contributed by atoms with Gasteiger partial charge in [0, 0.05) is 25.5 Å². The Morgan fingerprint density at radius 2 is 1.68 bits per heavy atom. The number of hydrogen-bond acceptors (Lipinski definition) is 9. The van der Waals surface area contributed by atoms with Crippen molar-refractivity contribution in [2.45, 2.75) is 59.9 Å². The monoisotopic (exact) mass is 576 g/mol. The number of rotatable bonds is 6. The summed E-state index contributed by atoms with van der Waals surface area (Å²) in [6, 6.07) is 11.6. The Morgan fingerprint density at radius 1 is 1.02 bits per heavy atom. The van der Waals surface area contributed by atoms with Gasteiger partial charge in [-0.25, -0.2) is 9.79 Å². The maximum Gasteiger partial charge on any atom is 0.338 e. The van der Waals surface area contributed by atoms with Crippen molar-refractivity contribution in [3.8, 4) is 11.5 Å². The van der Waals surface area contributed by atoms with E-state index >= 15 is 0 Å². The van der Waals surface area contributed by atoms with Crippen molar-refractivity contribution in [2.24, 2.45) is 4.99 Å². The third-order valence-electron chi connectivity index (χ3n) is 6.40. The Morgan fingerprint density at radius 3 is 2.27 bits per heavy atom.